The Balaban J connectivity index is 2.23. The van der Waals surface area contributed by atoms with Crippen molar-refractivity contribution in [1.82, 2.24) is 5.32 Å². The first-order valence-corrected chi connectivity index (χ1v) is 5.83. The molecule has 82 valence electrons. The predicted molar refractivity (Wildman–Crippen MR) is 68.3 cm³/mol. The number of halogens is 1. The second-order valence-corrected chi connectivity index (χ2v) is 3.93. The van der Waals surface area contributed by atoms with E-state index in [0.29, 0.717) is 0 Å². The molecule has 0 bridgehead atoms. The van der Waals surface area contributed by atoms with Gasteiger partial charge in [0.25, 0.3) is 0 Å². The van der Waals surface area contributed by atoms with E-state index >= 15 is 0 Å². The smallest absolute Gasteiger partial charge is 0.0406 e. The molecule has 1 aromatic rings. The molecule has 0 atom stereocenters. The topological polar surface area (TPSA) is 12.0 Å². The minimum Gasteiger partial charge on any atom is -0.316 e. The van der Waals surface area contributed by atoms with Gasteiger partial charge in [0.15, 0.2) is 0 Å². The lowest BCUT2D eigenvalue weighted by Gasteiger charge is -1.98. The highest BCUT2D eigenvalue weighted by Gasteiger charge is 1.87. The van der Waals surface area contributed by atoms with Crippen molar-refractivity contribution in [3.8, 4) is 0 Å². The summed E-state index contributed by atoms with van der Waals surface area (Å²) in [5.41, 5.74) is 1.20. The van der Waals surface area contributed by atoms with Gasteiger partial charge in [0.2, 0.25) is 0 Å². The lowest BCUT2D eigenvalue weighted by atomic mass is 10.2. The molecule has 0 heterocycles. The Morgan fingerprint density at radius 2 is 1.93 bits per heavy atom. The molecular weight excluding hydrogens is 206 g/mol. The molecule has 0 aliphatic rings. The van der Waals surface area contributed by atoms with E-state index < -0.39 is 0 Å². The van der Waals surface area contributed by atoms with Gasteiger partial charge >= 0.3 is 0 Å². The van der Waals surface area contributed by atoms with E-state index in [2.05, 4.69) is 24.4 Å². The van der Waals surface area contributed by atoms with E-state index in [0.717, 1.165) is 24.5 Å². The molecule has 0 saturated heterocycles. The molecule has 15 heavy (non-hydrogen) atoms. The molecule has 0 saturated carbocycles. The first kappa shape index (κ1) is 12.3. The third-order valence-electron chi connectivity index (χ3n) is 2.09. The van der Waals surface area contributed by atoms with Crippen LogP contribution in [-0.2, 0) is 0 Å². The van der Waals surface area contributed by atoms with Crippen LogP contribution >= 0.6 is 11.6 Å². The summed E-state index contributed by atoms with van der Waals surface area (Å²) >= 11 is 5.80. The predicted octanol–water partition coefficient (Wildman–Crippen LogP) is 3.74. The Bertz CT molecular complexity index is 290. The normalized spacial score (nSPS) is 11.1. The van der Waals surface area contributed by atoms with Crippen LogP contribution in [-0.4, -0.2) is 13.1 Å². The molecule has 0 spiro atoms. The monoisotopic (exact) mass is 223 g/mol. The van der Waals surface area contributed by atoms with E-state index in [1.807, 2.05) is 24.3 Å². The van der Waals surface area contributed by atoms with Gasteiger partial charge < -0.3 is 5.32 Å². The molecule has 0 aromatic heterocycles. The lowest BCUT2D eigenvalue weighted by molar-refractivity contribution is 0.679. The standard InChI is InChI=1S/C13H18ClN/c1-2-10-15-11-4-3-5-12-6-8-13(14)9-7-12/h3,5-9,15H,2,4,10-11H2,1H3. The van der Waals surface area contributed by atoms with Crippen LogP contribution in [0.5, 0.6) is 0 Å². The third kappa shape index (κ3) is 5.60. The zero-order chi connectivity index (χ0) is 10.9. The molecule has 0 aliphatic carbocycles. The molecule has 1 nitrogen and oxygen atoms in total. The summed E-state index contributed by atoms with van der Waals surface area (Å²) in [5.74, 6) is 0. The SMILES string of the molecule is CCCNCCC=Cc1ccc(Cl)cc1. The van der Waals surface area contributed by atoms with Gasteiger partial charge in [-0.15, -0.1) is 0 Å². The summed E-state index contributed by atoms with van der Waals surface area (Å²) in [6.07, 6.45) is 6.58. The maximum atomic E-state index is 5.80. The van der Waals surface area contributed by atoms with Crippen molar-refractivity contribution in [3.63, 3.8) is 0 Å². The van der Waals surface area contributed by atoms with E-state index in [9.17, 15) is 0 Å². The van der Waals surface area contributed by atoms with Crippen molar-refractivity contribution >= 4 is 17.7 Å². The fraction of sp³-hybridized carbons (Fsp3) is 0.385. The number of rotatable bonds is 6. The summed E-state index contributed by atoms with van der Waals surface area (Å²) in [4.78, 5) is 0. The molecule has 1 rings (SSSR count). The van der Waals surface area contributed by atoms with Gasteiger partial charge in [0, 0.05) is 5.02 Å². The summed E-state index contributed by atoms with van der Waals surface area (Å²) in [6.45, 7) is 4.34. The highest BCUT2D eigenvalue weighted by Crippen LogP contribution is 2.10. The largest absolute Gasteiger partial charge is 0.316 e. The second kappa shape index (κ2) is 7.49. The molecule has 2 heteroatoms. The van der Waals surface area contributed by atoms with Gasteiger partial charge in [-0.2, -0.15) is 0 Å². The Morgan fingerprint density at radius 3 is 2.60 bits per heavy atom. The Morgan fingerprint density at radius 1 is 1.20 bits per heavy atom. The molecule has 0 radical (unpaired) electrons. The summed E-state index contributed by atoms with van der Waals surface area (Å²) in [6, 6.07) is 7.88. The molecule has 0 fully saturated rings. The first-order chi connectivity index (χ1) is 7.33. The van der Waals surface area contributed by atoms with Gasteiger partial charge in [-0.25, -0.2) is 0 Å². The van der Waals surface area contributed by atoms with Crippen molar-refractivity contribution in [2.45, 2.75) is 19.8 Å². The summed E-state index contributed by atoms with van der Waals surface area (Å²) < 4.78 is 0. The summed E-state index contributed by atoms with van der Waals surface area (Å²) in [5, 5.41) is 4.15. The quantitative estimate of drug-likeness (QED) is 0.725. The van der Waals surface area contributed by atoms with Crippen molar-refractivity contribution in [3.05, 3.63) is 40.9 Å². The number of hydrogen-bond donors (Lipinski definition) is 1. The van der Waals surface area contributed by atoms with Gasteiger partial charge in [-0.3, -0.25) is 0 Å². The maximum Gasteiger partial charge on any atom is 0.0406 e. The van der Waals surface area contributed by atoms with Crippen molar-refractivity contribution in [1.29, 1.82) is 0 Å². The molecule has 1 aromatic carbocycles. The zero-order valence-electron chi connectivity index (χ0n) is 9.17. The fourth-order valence-electron chi connectivity index (χ4n) is 1.28. The van der Waals surface area contributed by atoms with Crippen LogP contribution in [0, 0.1) is 0 Å². The van der Waals surface area contributed by atoms with E-state index in [4.69, 9.17) is 11.6 Å². The number of hydrogen-bond acceptors (Lipinski definition) is 1. The van der Waals surface area contributed by atoms with Crippen molar-refractivity contribution < 1.29 is 0 Å². The number of benzene rings is 1. The van der Waals surface area contributed by atoms with E-state index in [1.54, 1.807) is 0 Å². The minimum absolute atomic E-state index is 0.789. The number of nitrogens with one attached hydrogen (secondary N) is 1. The van der Waals surface area contributed by atoms with E-state index in [-0.39, 0.29) is 0 Å². The van der Waals surface area contributed by atoms with Crippen LogP contribution in [0.25, 0.3) is 6.08 Å². The molecule has 1 N–H and O–H groups in total. The minimum atomic E-state index is 0.789. The van der Waals surface area contributed by atoms with Gasteiger partial charge in [0.05, 0.1) is 0 Å². The van der Waals surface area contributed by atoms with Crippen LogP contribution in [0.2, 0.25) is 5.02 Å². The van der Waals surface area contributed by atoms with Crippen molar-refractivity contribution in [2.24, 2.45) is 0 Å². The van der Waals surface area contributed by atoms with Crippen LogP contribution in [0.3, 0.4) is 0 Å². The molecular formula is C13H18ClN. The van der Waals surface area contributed by atoms with Crippen LogP contribution in [0.1, 0.15) is 25.3 Å². The fourth-order valence-corrected chi connectivity index (χ4v) is 1.41. The average molecular weight is 224 g/mol. The first-order valence-electron chi connectivity index (χ1n) is 5.45. The van der Waals surface area contributed by atoms with Crippen LogP contribution in [0.15, 0.2) is 30.3 Å². The average Bonchev–Trinajstić information content (AvgIpc) is 2.26. The molecule has 0 unspecified atom stereocenters. The zero-order valence-corrected chi connectivity index (χ0v) is 9.93. The van der Waals surface area contributed by atoms with Crippen molar-refractivity contribution in [2.75, 3.05) is 13.1 Å². The third-order valence-corrected chi connectivity index (χ3v) is 2.35. The van der Waals surface area contributed by atoms with E-state index in [1.165, 1.54) is 12.0 Å². The van der Waals surface area contributed by atoms with Crippen LogP contribution in [0.4, 0.5) is 0 Å². The highest BCUT2D eigenvalue weighted by molar-refractivity contribution is 6.30. The highest BCUT2D eigenvalue weighted by atomic mass is 35.5. The van der Waals surface area contributed by atoms with Gasteiger partial charge in [0.1, 0.15) is 0 Å². The van der Waals surface area contributed by atoms with Crippen LogP contribution < -0.4 is 5.32 Å². The second-order valence-electron chi connectivity index (χ2n) is 3.49. The van der Waals surface area contributed by atoms with Gasteiger partial charge in [-0.05, 0) is 43.6 Å². The molecule has 0 aliphatic heterocycles. The Hall–Kier alpha value is -0.790. The van der Waals surface area contributed by atoms with Gasteiger partial charge in [-0.1, -0.05) is 42.8 Å². The summed E-state index contributed by atoms with van der Waals surface area (Å²) in [7, 11) is 0. The Labute approximate surface area is 97.1 Å². The Kier molecular flexibility index (Phi) is 6.14. The maximum absolute atomic E-state index is 5.80. The lowest BCUT2D eigenvalue weighted by Crippen LogP contribution is -2.14. The molecule has 0 amide bonds.